The highest BCUT2D eigenvalue weighted by molar-refractivity contribution is 5.69. The molecule has 0 saturated carbocycles. The summed E-state index contributed by atoms with van der Waals surface area (Å²) in [5, 5.41) is 0. The van der Waals surface area contributed by atoms with Crippen LogP contribution in [0.25, 0.3) is 0 Å². The van der Waals surface area contributed by atoms with E-state index in [1.165, 1.54) is 12.3 Å². The standard InChI is InChI=1S/C15H19F3N2O2/c1-14(2,3)22-13(21)20-8-4-5-11(20)10-6-7-12(19-9-10)15(16,17)18/h6-7,9,11H,4-5,8H2,1-3H3/t11-/m0/s1. The normalized spacial score (nSPS) is 19.4. The topological polar surface area (TPSA) is 42.4 Å². The number of hydrogen-bond donors (Lipinski definition) is 0. The first-order valence-corrected chi connectivity index (χ1v) is 7.11. The van der Waals surface area contributed by atoms with Crippen molar-refractivity contribution in [3.8, 4) is 0 Å². The average molecular weight is 316 g/mol. The molecule has 1 aliphatic rings. The molecule has 0 radical (unpaired) electrons. The minimum Gasteiger partial charge on any atom is -0.444 e. The van der Waals surface area contributed by atoms with Gasteiger partial charge in [0.1, 0.15) is 11.3 Å². The Morgan fingerprint density at radius 3 is 2.50 bits per heavy atom. The van der Waals surface area contributed by atoms with Crippen LogP contribution in [-0.2, 0) is 10.9 Å². The van der Waals surface area contributed by atoms with Crippen LogP contribution < -0.4 is 0 Å². The van der Waals surface area contributed by atoms with Crippen LogP contribution in [0.4, 0.5) is 18.0 Å². The minimum absolute atomic E-state index is 0.287. The molecule has 4 nitrogen and oxygen atoms in total. The first kappa shape index (κ1) is 16.6. The van der Waals surface area contributed by atoms with Gasteiger partial charge in [-0.3, -0.25) is 4.98 Å². The molecule has 0 aliphatic carbocycles. The van der Waals surface area contributed by atoms with Gasteiger partial charge in [0.2, 0.25) is 0 Å². The second-order valence-electron chi connectivity index (χ2n) is 6.31. The number of rotatable bonds is 1. The predicted molar refractivity (Wildman–Crippen MR) is 74.2 cm³/mol. The highest BCUT2D eigenvalue weighted by Crippen LogP contribution is 2.34. The summed E-state index contributed by atoms with van der Waals surface area (Å²) in [6.07, 6.45) is -2.25. The zero-order valence-corrected chi connectivity index (χ0v) is 12.8. The smallest absolute Gasteiger partial charge is 0.433 e. The molecule has 1 aromatic rings. The van der Waals surface area contributed by atoms with E-state index < -0.39 is 23.6 Å². The summed E-state index contributed by atoms with van der Waals surface area (Å²) in [6, 6.07) is 2.04. The van der Waals surface area contributed by atoms with E-state index in [1.807, 2.05) is 0 Å². The Morgan fingerprint density at radius 1 is 1.32 bits per heavy atom. The van der Waals surface area contributed by atoms with E-state index in [0.717, 1.165) is 12.5 Å². The molecule has 7 heteroatoms. The molecular formula is C15H19F3N2O2. The lowest BCUT2D eigenvalue weighted by Gasteiger charge is -2.28. The molecule has 1 aliphatic heterocycles. The van der Waals surface area contributed by atoms with E-state index in [1.54, 1.807) is 25.7 Å². The van der Waals surface area contributed by atoms with Gasteiger partial charge in [-0.05, 0) is 45.2 Å². The fourth-order valence-electron chi connectivity index (χ4n) is 2.42. The van der Waals surface area contributed by atoms with Gasteiger partial charge < -0.3 is 9.64 Å². The van der Waals surface area contributed by atoms with Crippen LogP contribution in [-0.4, -0.2) is 28.1 Å². The number of carbonyl (C=O) groups excluding carboxylic acids is 1. The Labute approximate surface area is 127 Å². The van der Waals surface area contributed by atoms with Gasteiger partial charge in [0.25, 0.3) is 0 Å². The van der Waals surface area contributed by atoms with Crippen LogP contribution >= 0.6 is 0 Å². The molecule has 1 atom stereocenters. The number of ether oxygens (including phenoxy) is 1. The molecule has 0 spiro atoms. The van der Waals surface area contributed by atoms with Crippen molar-refractivity contribution < 1.29 is 22.7 Å². The number of halogens is 3. The van der Waals surface area contributed by atoms with Gasteiger partial charge in [-0.1, -0.05) is 6.07 Å². The lowest BCUT2D eigenvalue weighted by Crippen LogP contribution is -2.36. The van der Waals surface area contributed by atoms with Crippen LogP contribution in [0, 0.1) is 0 Å². The van der Waals surface area contributed by atoms with Gasteiger partial charge in [0.15, 0.2) is 0 Å². The fourth-order valence-corrected chi connectivity index (χ4v) is 2.42. The summed E-state index contributed by atoms with van der Waals surface area (Å²) in [7, 11) is 0. The maximum absolute atomic E-state index is 12.5. The molecule has 0 N–H and O–H groups in total. The summed E-state index contributed by atoms with van der Waals surface area (Å²) in [6.45, 7) is 5.85. The number of amides is 1. The minimum atomic E-state index is -4.46. The van der Waals surface area contributed by atoms with Gasteiger partial charge in [-0.2, -0.15) is 13.2 Å². The van der Waals surface area contributed by atoms with Crippen molar-refractivity contribution >= 4 is 6.09 Å². The number of aromatic nitrogens is 1. The van der Waals surface area contributed by atoms with Gasteiger partial charge >= 0.3 is 12.3 Å². The summed E-state index contributed by atoms with van der Waals surface area (Å²) < 4.78 is 43.0. The second-order valence-corrected chi connectivity index (χ2v) is 6.31. The maximum atomic E-state index is 12.5. The summed E-state index contributed by atoms with van der Waals surface area (Å²) in [5.41, 5.74) is -0.947. The van der Waals surface area contributed by atoms with Crippen molar-refractivity contribution in [1.29, 1.82) is 0 Å². The molecule has 1 aromatic heterocycles. The monoisotopic (exact) mass is 316 g/mol. The summed E-state index contributed by atoms with van der Waals surface area (Å²) >= 11 is 0. The quantitative estimate of drug-likeness (QED) is 0.781. The lowest BCUT2D eigenvalue weighted by molar-refractivity contribution is -0.141. The molecule has 22 heavy (non-hydrogen) atoms. The van der Waals surface area contributed by atoms with Gasteiger partial charge in [0.05, 0.1) is 6.04 Å². The SMILES string of the molecule is CC(C)(C)OC(=O)N1CCC[C@H]1c1ccc(C(F)(F)F)nc1. The Morgan fingerprint density at radius 2 is 2.00 bits per heavy atom. The summed E-state index contributed by atoms with van der Waals surface area (Å²) in [4.78, 5) is 17.2. The third kappa shape index (κ3) is 3.90. The molecule has 0 aromatic carbocycles. The molecule has 0 unspecified atom stereocenters. The van der Waals surface area contributed by atoms with E-state index in [2.05, 4.69) is 4.98 Å². The molecule has 1 saturated heterocycles. The van der Waals surface area contributed by atoms with Crippen molar-refractivity contribution in [2.75, 3.05) is 6.54 Å². The van der Waals surface area contributed by atoms with E-state index in [4.69, 9.17) is 4.74 Å². The number of alkyl halides is 3. The number of nitrogens with zero attached hydrogens (tertiary/aromatic N) is 2. The van der Waals surface area contributed by atoms with Crippen LogP contribution in [0.5, 0.6) is 0 Å². The molecule has 1 fully saturated rings. The van der Waals surface area contributed by atoms with Crippen molar-refractivity contribution in [3.05, 3.63) is 29.6 Å². The van der Waals surface area contributed by atoms with Crippen molar-refractivity contribution in [3.63, 3.8) is 0 Å². The van der Waals surface area contributed by atoms with Crippen LogP contribution in [0.15, 0.2) is 18.3 Å². The Bertz CT molecular complexity index is 535. The maximum Gasteiger partial charge on any atom is 0.433 e. The number of likely N-dealkylation sites (tertiary alicyclic amines) is 1. The molecular weight excluding hydrogens is 297 g/mol. The van der Waals surface area contributed by atoms with Gasteiger partial charge in [-0.15, -0.1) is 0 Å². The predicted octanol–water partition coefficient (Wildman–Crippen LogP) is 4.17. The fraction of sp³-hybridized carbons (Fsp3) is 0.600. The van der Waals surface area contributed by atoms with Gasteiger partial charge in [0, 0.05) is 12.7 Å². The second kappa shape index (κ2) is 5.78. The van der Waals surface area contributed by atoms with E-state index in [-0.39, 0.29) is 6.04 Å². The zero-order chi connectivity index (χ0) is 16.5. The highest BCUT2D eigenvalue weighted by Gasteiger charge is 2.35. The third-order valence-electron chi connectivity index (χ3n) is 3.34. The molecule has 2 heterocycles. The first-order chi connectivity index (χ1) is 10.1. The number of carbonyl (C=O) groups is 1. The molecule has 0 bridgehead atoms. The third-order valence-corrected chi connectivity index (χ3v) is 3.34. The van der Waals surface area contributed by atoms with E-state index >= 15 is 0 Å². The molecule has 122 valence electrons. The number of pyridine rings is 1. The first-order valence-electron chi connectivity index (χ1n) is 7.11. The van der Waals surface area contributed by atoms with Crippen molar-refractivity contribution in [1.82, 2.24) is 9.88 Å². The Kier molecular flexibility index (Phi) is 4.35. The lowest BCUT2D eigenvalue weighted by atomic mass is 10.1. The van der Waals surface area contributed by atoms with Crippen LogP contribution in [0.3, 0.4) is 0 Å². The van der Waals surface area contributed by atoms with Crippen molar-refractivity contribution in [2.45, 2.75) is 51.4 Å². The van der Waals surface area contributed by atoms with Crippen molar-refractivity contribution in [2.24, 2.45) is 0 Å². The molecule has 1 amide bonds. The average Bonchev–Trinajstić information content (AvgIpc) is 2.85. The Hall–Kier alpha value is -1.79. The largest absolute Gasteiger partial charge is 0.444 e. The van der Waals surface area contributed by atoms with Crippen LogP contribution in [0.2, 0.25) is 0 Å². The summed E-state index contributed by atoms with van der Waals surface area (Å²) in [5.74, 6) is 0. The molecule has 2 rings (SSSR count). The number of hydrogen-bond acceptors (Lipinski definition) is 3. The van der Waals surface area contributed by atoms with E-state index in [0.29, 0.717) is 18.5 Å². The van der Waals surface area contributed by atoms with E-state index in [9.17, 15) is 18.0 Å². The Balaban J connectivity index is 2.15. The van der Waals surface area contributed by atoms with Gasteiger partial charge in [-0.25, -0.2) is 4.79 Å². The highest BCUT2D eigenvalue weighted by atomic mass is 19.4. The van der Waals surface area contributed by atoms with Crippen LogP contribution in [0.1, 0.15) is 50.9 Å². The zero-order valence-electron chi connectivity index (χ0n) is 12.8.